The Bertz CT molecular complexity index is 1350. The molecule has 11 nitrogen and oxygen atoms in total. The molecule has 0 aliphatic carbocycles. The molecule has 0 saturated carbocycles. The fourth-order valence-corrected chi connectivity index (χ4v) is 4.72. The third-order valence-corrected chi connectivity index (χ3v) is 6.57. The summed E-state index contributed by atoms with van der Waals surface area (Å²) in [5.74, 6) is 0.472. The number of rotatable bonds is 5. The van der Waals surface area contributed by atoms with E-state index in [9.17, 15) is 18.0 Å². The molecule has 5 heterocycles. The van der Waals surface area contributed by atoms with Crippen LogP contribution in [0.4, 0.5) is 30.6 Å². The summed E-state index contributed by atoms with van der Waals surface area (Å²) < 4.78 is 63.5. The molecule has 2 aromatic heterocycles. The van der Waals surface area contributed by atoms with E-state index in [1.807, 2.05) is 0 Å². The van der Waals surface area contributed by atoms with Gasteiger partial charge in [0.15, 0.2) is 11.5 Å². The number of fused-ring (bicyclic) bond motifs is 2. The molecule has 0 radical (unpaired) electrons. The molecule has 1 aromatic carbocycles. The van der Waals surface area contributed by atoms with Crippen molar-refractivity contribution in [2.45, 2.75) is 18.6 Å². The standard InChI is InChI=1S/C24H25F3N6O5/c25-24(26,27)15-11-28-20-17(15)21(29-13-3-6-36-12-13)32-23(31-20)30-16-2-1-14(18-19(16)38-10-9-37-18)22(34)33-4-7-35-8-5-33/h1-2,11,13H,3-10,12H2,(H3,28,29,30,31,32)/t13-/m0/s1. The number of halogens is 3. The van der Waals surface area contributed by atoms with Crippen LogP contribution in [0.25, 0.3) is 11.0 Å². The van der Waals surface area contributed by atoms with Crippen molar-refractivity contribution in [1.29, 1.82) is 0 Å². The number of aromatic nitrogens is 3. The first-order valence-electron chi connectivity index (χ1n) is 12.3. The van der Waals surface area contributed by atoms with Crippen molar-refractivity contribution in [3.05, 3.63) is 29.5 Å². The van der Waals surface area contributed by atoms with E-state index in [1.54, 1.807) is 17.0 Å². The monoisotopic (exact) mass is 534 g/mol. The number of anilines is 3. The maximum Gasteiger partial charge on any atom is 0.418 e. The Morgan fingerprint density at radius 3 is 2.55 bits per heavy atom. The molecule has 3 aliphatic rings. The van der Waals surface area contributed by atoms with Crippen LogP contribution in [0, 0.1) is 0 Å². The predicted octanol–water partition coefficient (Wildman–Crippen LogP) is 3.16. The van der Waals surface area contributed by atoms with Gasteiger partial charge in [0.05, 0.1) is 48.1 Å². The van der Waals surface area contributed by atoms with E-state index in [0.717, 1.165) is 6.20 Å². The third-order valence-electron chi connectivity index (χ3n) is 6.57. The van der Waals surface area contributed by atoms with Crippen molar-refractivity contribution in [3.63, 3.8) is 0 Å². The molecule has 3 N–H and O–H groups in total. The fourth-order valence-electron chi connectivity index (χ4n) is 4.72. The molecule has 14 heteroatoms. The quantitative estimate of drug-likeness (QED) is 0.453. The van der Waals surface area contributed by atoms with Crippen molar-refractivity contribution in [2.75, 3.05) is 63.4 Å². The van der Waals surface area contributed by atoms with E-state index in [0.29, 0.717) is 68.7 Å². The van der Waals surface area contributed by atoms with E-state index in [1.165, 1.54) is 0 Å². The Morgan fingerprint density at radius 1 is 1.03 bits per heavy atom. The van der Waals surface area contributed by atoms with Gasteiger partial charge in [0.25, 0.3) is 5.91 Å². The first-order valence-corrected chi connectivity index (χ1v) is 12.3. The molecule has 1 atom stereocenters. The molecule has 6 rings (SSSR count). The van der Waals surface area contributed by atoms with Crippen LogP contribution in [0.15, 0.2) is 18.3 Å². The van der Waals surface area contributed by atoms with E-state index in [4.69, 9.17) is 18.9 Å². The van der Waals surface area contributed by atoms with Gasteiger partial charge in [0.2, 0.25) is 5.95 Å². The summed E-state index contributed by atoms with van der Waals surface area (Å²) in [5, 5.41) is 5.97. The first-order chi connectivity index (χ1) is 18.4. The van der Waals surface area contributed by atoms with Crippen LogP contribution in [0.1, 0.15) is 22.3 Å². The molecule has 0 unspecified atom stereocenters. The van der Waals surface area contributed by atoms with Gasteiger partial charge in [-0.3, -0.25) is 4.79 Å². The van der Waals surface area contributed by atoms with Gasteiger partial charge < -0.3 is 39.5 Å². The number of alkyl halides is 3. The average Bonchev–Trinajstić information content (AvgIpc) is 3.59. The summed E-state index contributed by atoms with van der Waals surface area (Å²) in [5.41, 5.74) is -0.0800. The molecule has 0 spiro atoms. The van der Waals surface area contributed by atoms with Crippen LogP contribution in [-0.4, -0.2) is 84.5 Å². The highest BCUT2D eigenvalue weighted by molar-refractivity contribution is 5.99. The largest absolute Gasteiger partial charge is 0.485 e. The number of nitrogens with zero attached hydrogens (tertiary/aromatic N) is 3. The number of amides is 1. The SMILES string of the molecule is O=C(c1ccc(Nc2nc(N[C@H]3CCOC3)c3c(C(F)(F)F)c[nH]c3n2)c2c1OCCO2)N1CCOCC1. The van der Waals surface area contributed by atoms with Crippen LogP contribution in [0.5, 0.6) is 11.5 Å². The van der Waals surface area contributed by atoms with Crippen LogP contribution in [-0.2, 0) is 15.7 Å². The Balaban J connectivity index is 1.36. The van der Waals surface area contributed by atoms with Crippen LogP contribution in [0.2, 0.25) is 0 Å². The topological polar surface area (TPSA) is 123 Å². The Morgan fingerprint density at radius 2 is 1.82 bits per heavy atom. The van der Waals surface area contributed by atoms with E-state index in [2.05, 4.69) is 25.6 Å². The van der Waals surface area contributed by atoms with Gasteiger partial charge >= 0.3 is 6.18 Å². The normalized spacial score (nSPS) is 19.6. The van der Waals surface area contributed by atoms with Crippen molar-refractivity contribution in [3.8, 4) is 11.5 Å². The summed E-state index contributed by atoms with van der Waals surface area (Å²) >= 11 is 0. The van der Waals surface area contributed by atoms with Crippen LogP contribution >= 0.6 is 0 Å². The predicted molar refractivity (Wildman–Crippen MR) is 129 cm³/mol. The number of H-pyrrole nitrogens is 1. The zero-order valence-corrected chi connectivity index (χ0v) is 20.2. The summed E-state index contributed by atoms with van der Waals surface area (Å²) in [6.45, 7) is 3.26. The average molecular weight is 534 g/mol. The molecule has 2 fully saturated rings. The number of carbonyl (C=O) groups is 1. The minimum Gasteiger partial charge on any atom is -0.485 e. The van der Waals surface area contributed by atoms with E-state index >= 15 is 0 Å². The van der Waals surface area contributed by atoms with Gasteiger partial charge in [-0.25, -0.2) is 0 Å². The zero-order valence-electron chi connectivity index (χ0n) is 20.2. The summed E-state index contributed by atoms with van der Waals surface area (Å²) in [6.07, 6.45) is -3.08. The summed E-state index contributed by atoms with van der Waals surface area (Å²) in [6, 6.07) is 3.08. The van der Waals surface area contributed by atoms with Gasteiger partial charge in [0, 0.05) is 25.9 Å². The lowest BCUT2D eigenvalue weighted by Gasteiger charge is -2.29. The number of carbonyl (C=O) groups excluding carboxylic acids is 1. The molecular formula is C24H25F3N6O5. The molecular weight excluding hydrogens is 509 g/mol. The number of aromatic amines is 1. The van der Waals surface area contributed by atoms with Gasteiger partial charge in [0.1, 0.15) is 24.7 Å². The van der Waals surface area contributed by atoms with E-state index < -0.39 is 11.7 Å². The minimum absolute atomic E-state index is 0.0152. The number of nitrogens with one attached hydrogen (secondary N) is 3. The van der Waals surface area contributed by atoms with Crippen molar-refractivity contribution < 1.29 is 36.9 Å². The lowest BCUT2D eigenvalue weighted by molar-refractivity contribution is -0.136. The number of hydrogen-bond donors (Lipinski definition) is 3. The van der Waals surface area contributed by atoms with Crippen molar-refractivity contribution in [2.24, 2.45) is 0 Å². The molecule has 202 valence electrons. The summed E-state index contributed by atoms with van der Waals surface area (Å²) in [4.78, 5) is 26.1. The number of ether oxygens (including phenoxy) is 4. The highest BCUT2D eigenvalue weighted by atomic mass is 19.4. The van der Waals surface area contributed by atoms with Gasteiger partial charge in [-0.15, -0.1) is 0 Å². The van der Waals surface area contributed by atoms with Gasteiger partial charge in [-0.1, -0.05) is 0 Å². The third kappa shape index (κ3) is 4.65. The number of benzene rings is 1. The van der Waals surface area contributed by atoms with Crippen LogP contribution in [0.3, 0.4) is 0 Å². The summed E-state index contributed by atoms with van der Waals surface area (Å²) in [7, 11) is 0. The highest BCUT2D eigenvalue weighted by Gasteiger charge is 2.36. The van der Waals surface area contributed by atoms with Crippen molar-refractivity contribution in [1.82, 2.24) is 19.9 Å². The maximum absolute atomic E-state index is 13.7. The van der Waals surface area contributed by atoms with Crippen LogP contribution < -0.4 is 20.1 Å². The molecule has 2 saturated heterocycles. The maximum atomic E-state index is 13.7. The Hall–Kier alpha value is -3.78. The Labute approximate surface area is 214 Å². The Kier molecular flexibility index (Phi) is 6.35. The van der Waals surface area contributed by atoms with Crippen molar-refractivity contribution >= 4 is 34.4 Å². The molecule has 38 heavy (non-hydrogen) atoms. The fraction of sp³-hybridized carbons (Fsp3) is 0.458. The lowest BCUT2D eigenvalue weighted by atomic mass is 10.1. The zero-order chi connectivity index (χ0) is 26.3. The molecule has 3 aliphatic heterocycles. The van der Waals surface area contributed by atoms with Gasteiger partial charge in [-0.2, -0.15) is 23.1 Å². The minimum atomic E-state index is -4.59. The second-order valence-corrected chi connectivity index (χ2v) is 9.07. The smallest absolute Gasteiger partial charge is 0.418 e. The number of morpholine rings is 1. The van der Waals surface area contributed by atoms with E-state index in [-0.39, 0.29) is 48.0 Å². The second kappa shape index (κ2) is 9.83. The molecule has 1 amide bonds. The van der Waals surface area contributed by atoms with Gasteiger partial charge in [-0.05, 0) is 18.6 Å². The molecule has 3 aromatic rings. The first kappa shape index (κ1) is 24.6. The number of hydrogen-bond acceptors (Lipinski definition) is 9. The lowest BCUT2D eigenvalue weighted by Crippen LogP contribution is -2.41. The highest BCUT2D eigenvalue weighted by Crippen LogP contribution is 2.43. The second-order valence-electron chi connectivity index (χ2n) is 9.07. The molecule has 0 bridgehead atoms.